The zero-order valence-electron chi connectivity index (χ0n) is 10.2. The Labute approximate surface area is 91.6 Å². The van der Waals surface area contributed by atoms with E-state index < -0.39 is 11.7 Å². The summed E-state index contributed by atoms with van der Waals surface area (Å²) in [5, 5.41) is 0. The molecule has 1 amide bonds. The van der Waals surface area contributed by atoms with Gasteiger partial charge in [0.25, 0.3) is 0 Å². The second kappa shape index (κ2) is 5.73. The quantitative estimate of drug-likeness (QED) is 0.675. The SMILES string of the molecule is CCC(C=O)N(CC)C(=O)OC(C)(C)C. The molecular formula is C11H21NO3. The zero-order valence-corrected chi connectivity index (χ0v) is 10.2. The molecule has 0 aliphatic carbocycles. The Hall–Kier alpha value is -1.06. The van der Waals surface area contributed by atoms with Gasteiger partial charge in [-0.05, 0) is 34.1 Å². The molecule has 0 bridgehead atoms. The first-order valence-corrected chi connectivity index (χ1v) is 5.30. The molecule has 4 heteroatoms. The van der Waals surface area contributed by atoms with Crippen molar-refractivity contribution >= 4 is 12.4 Å². The van der Waals surface area contributed by atoms with Gasteiger partial charge in [0.15, 0.2) is 0 Å². The molecule has 4 nitrogen and oxygen atoms in total. The molecular weight excluding hydrogens is 194 g/mol. The van der Waals surface area contributed by atoms with Gasteiger partial charge in [-0.1, -0.05) is 6.92 Å². The molecule has 0 saturated carbocycles. The smallest absolute Gasteiger partial charge is 0.410 e. The van der Waals surface area contributed by atoms with E-state index in [2.05, 4.69) is 0 Å². The van der Waals surface area contributed by atoms with Gasteiger partial charge in [0.1, 0.15) is 11.9 Å². The third-order valence-corrected chi connectivity index (χ3v) is 1.94. The van der Waals surface area contributed by atoms with Crippen molar-refractivity contribution in [3.63, 3.8) is 0 Å². The lowest BCUT2D eigenvalue weighted by Crippen LogP contribution is -2.43. The van der Waals surface area contributed by atoms with Crippen LogP contribution in [0.2, 0.25) is 0 Å². The molecule has 0 saturated heterocycles. The van der Waals surface area contributed by atoms with E-state index >= 15 is 0 Å². The van der Waals surface area contributed by atoms with Crippen LogP contribution in [0.4, 0.5) is 4.79 Å². The van der Waals surface area contributed by atoms with Crippen molar-refractivity contribution in [3.05, 3.63) is 0 Å². The van der Waals surface area contributed by atoms with Gasteiger partial charge in [-0.15, -0.1) is 0 Å². The van der Waals surface area contributed by atoms with Crippen LogP contribution in [-0.2, 0) is 9.53 Å². The summed E-state index contributed by atoms with van der Waals surface area (Å²) in [5.41, 5.74) is -0.522. The molecule has 0 rings (SSSR count). The van der Waals surface area contributed by atoms with E-state index in [1.807, 2.05) is 13.8 Å². The molecule has 0 aliphatic heterocycles. The zero-order chi connectivity index (χ0) is 12.1. The monoisotopic (exact) mass is 215 g/mol. The summed E-state index contributed by atoms with van der Waals surface area (Å²) in [4.78, 5) is 23.9. The highest BCUT2D eigenvalue weighted by Gasteiger charge is 2.25. The van der Waals surface area contributed by atoms with Gasteiger partial charge in [0, 0.05) is 6.54 Å². The number of carbonyl (C=O) groups excluding carboxylic acids is 2. The maximum absolute atomic E-state index is 11.7. The lowest BCUT2D eigenvalue weighted by atomic mass is 10.2. The minimum atomic E-state index is -0.522. The number of likely N-dealkylation sites (N-methyl/N-ethyl adjacent to an activating group) is 1. The fourth-order valence-electron chi connectivity index (χ4n) is 1.21. The van der Waals surface area contributed by atoms with Gasteiger partial charge >= 0.3 is 6.09 Å². The van der Waals surface area contributed by atoms with Crippen LogP contribution in [0.25, 0.3) is 0 Å². The van der Waals surface area contributed by atoms with Crippen molar-refractivity contribution in [2.24, 2.45) is 0 Å². The highest BCUT2D eigenvalue weighted by atomic mass is 16.6. The Balaban J connectivity index is 4.53. The molecule has 0 aliphatic rings. The molecule has 0 radical (unpaired) electrons. The number of aldehydes is 1. The van der Waals surface area contributed by atoms with E-state index in [4.69, 9.17) is 4.74 Å². The predicted molar refractivity (Wildman–Crippen MR) is 58.8 cm³/mol. The van der Waals surface area contributed by atoms with Crippen molar-refractivity contribution in [1.82, 2.24) is 4.90 Å². The fourth-order valence-corrected chi connectivity index (χ4v) is 1.21. The molecule has 0 heterocycles. The number of ether oxygens (including phenoxy) is 1. The first-order chi connectivity index (χ1) is 6.85. The molecule has 0 aromatic rings. The first kappa shape index (κ1) is 13.9. The summed E-state index contributed by atoms with van der Waals surface area (Å²) in [7, 11) is 0. The Morgan fingerprint density at radius 2 is 1.93 bits per heavy atom. The third kappa shape index (κ3) is 4.81. The first-order valence-electron chi connectivity index (χ1n) is 5.30. The van der Waals surface area contributed by atoms with Crippen molar-refractivity contribution in [2.75, 3.05) is 6.54 Å². The maximum atomic E-state index is 11.7. The van der Waals surface area contributed by atoms with E-state index in [9.17, 15) is 9.59 Å². The lowest BCUT2D eigenvalue weighted by Gasteiger charge is -2.29. The molecule has 0 aromatic carbocycles. The number of nitrogens with zero attached hydrogens (tertiary/aromatic N) is 1. The lowest BCUT2D eigenvalue weighted by molar-refractivity contribution is -0.112. The largest absolute Gasteiger partial charge is 0.444 e. The van der Waals surface area contributed by atoms with Crippen LogP contribution in [0.5, 0.6) is 0 Å². The molecule has 0 fully saturated rings. The van der Waals surface area contributed by atoms with Crippen molar-refractivity contribution < 1.29 is 14.3 Å². The number of hydrogen-bond acceptors (Lipinski definition) is 3. The van der Waals surface area contributed by atoms with Crippen molar-refractivity contribution in [2.45, 2.75) is 52.7 Å². The average Bonchev–Trinajstić information content (AvgIpc) is 2.10. The molecule has 15 heavy (non-hydrogen) atoms. The molecule has 0 aromatic heterocycles. The summed E-state index contributed by atoms with van der Waals surface area (Å²) in [6.07, 6.45) is 0.966. The van der Waals surface area contributed by atoms with Crippen LogP contribution in [0, 0.1) is 0 Å². The second-order valence-corrected chi connectivity index (χ2v) is 4.38. The van der Waals surface area contributed by atoms with Crippen LogP contribution in [0.15, 0.2) is 0 Å². The van der Waals surface area contributed by atoms with Crippen LogP contribution in [0.3, 0.4) is 0 Å². The summed E-state index contributed by atoms with van der Waals surface area (Å²) in [6.45, 7) is 9.59. The van der Waals surface area contributed by atoms with Crippen LogP contribution in [0.1, 0.15) is 41.0 Å². The summed E-state index contributed by atoms with van der Waals surface area (Å²) >= 11 is 0. The van der Waals surface area contributed by atoms with E-state index in [1.54, 1.807) is 20.8 Å². The predicted octanol–water partition coefficient (Wildman–Crippen LogP) is 2.22. The maximum Gasteiger partial charge on any atom is 0.410 e. The summed E-state index contributed by atoms with van der Waals surface area (Å²) in [6, 6.07) is -0.384. The number of amides is 1. The molecule has 1 unspecified atom stereocenters. The average molecular weight is 215 g/mol. The van der Waals surface area contributed by atoms with Crippen molar-refractivity contribution in [1.29, 1.82) is 0 Å². The van der Waals surface area contributed by atoms with Gasteiger partial charge in [-0.2, -0.15) is 0 Å². The topological polar surface area (TPSA) is 46.6 Å². The normalized spacial score (nSPS) is 13.1. The van der Waals surface area contributed by atoms with Crippen LogP contribution in [-0.4, -0.2) is 35.5 Å². The van der Waals surface area contributed by atoms with E-state index in [0.717, 1.165) is 6.29 Å². The highest BCUT2D eigenvalue weighted by molar-refractivity contribution is 5.73. The Kier molecular flexibility index (Phi) is 5.33. The fraction of sp³-hybridized carbons (Fsp3) is 0.818. The van der Waals surface area contributed by atoms with Gasteiger partial charge in [0.05, 0.1) is 6.04 Å². The summed E-state index contributed by atoms with van der Waals surface area (Å²) in [5.74, 6) is 0. The Bertz CT molecular complexity index is 220. The van der Waals surface area contributed by atoms with Crippen LogP contribution < -0.4 is 0 Å². The second-order valence-electron chi connectivity index (χ2n) is 4.38. The minimum absolute atomic E-state index is 0.384. The van der Waals surface area contributed by atoms with E-state index in [1.165, 1.54) is 4.90 Å². The summed E-state index contributed by atoms with van der Waals surface area (Å²) < 4.78 is 5.20. The number of rotatable bonds is 4. The molecule has 0 N–H and O–H groups in total. The van der Waals surface area contributed by atoms with E-state index in [0.29, 0.717) is 13.0 Å². The van der Waals surface area contributed by atoms with Crippen molar-refractivity contribution in [3.8, 4) is 0 Å². The van der Waals surface area contributed by atoms with Gasteiger partial charge in [-0.3, -0.25) is 4.90 Å². The van der Waals surface area contributed by atoms with Gasteiger partial charge in [-0.25, -0.2) is 4.79 Å². The minimum Gasteiger partial charge on any atom is -0.444 e. The third-order valence-electron chi connectivity index (χ3n) is 1.94. The van der Waals surface area contributed by atoms with Gasteiger partial charge < -0.3 is 9.53 Å². The standard InChI is InChI=1S/C11H21NO3/c1-6-9(8-13)12(7-2)10(14)15-11(3,4)5/h8-9H,6-7H2,1-5H3. The Morgan fingerprint density at radius 3 is 2.20 bits per heavy atom. The number of carbonyl (C=O) groups is 2. The number of hydrogen-bond donors (Lipinski definition) is 0. The highest BCUT2D eigenvalue weighted by Crippen LogP contribution is 2.12. The molecule has 0 spiro atoms. The molecule has 1 atom stereocenters. The Morgan fingerprint density at radius 1 is 1.40 bits per heavy atom. The van der Waals surface area contributed by atoms with Crippen LogP contribution >= 0.6 is 0 Å². The van der Waals surface area contributed by atoms with E-state index in [-0.39, 0.29) is 6.04 Å². The van der Waals surface area contributed by atoms with Gasteiger partial charge in [0.2, 0.25) is 0 Å². The molecule has 88 valence electrons.